The lowest BCUT2D eigenvalue weighted by molar-refractivity contribution is -0.140. The van der Waals surface area contributed by atoms with E-state index in [-0.39, 0.29) is 0 Å². The van der Waals surface area contributed by atoms with Gasteiger partial charge in [0.25, 0.3) is 0 Å². The SMILES string of the molecule is CCn1c2ccc(/C(C)=N/OC(C)=O)cc2c2cc(C(O)c3ccccc3C)ccc21. The van der Waals surface area contributed by atoms with E-state index in [1.54, 1.807) is 0 Å². The Bertz CT molecular complexity index is 1320. The zero-order chi connectivity index (χ0) is 22.1. The first-order valence-electron chi connectivity index (χ1n) is 10.4. The summed E-state index contributed by atoms with van der Waals surface area (Å²) in [6, 6.07) is 20.2. The molecule has 1 N–H and O–H groups in total. The van der Waals surface area contributed by atoms with Crippen molar-refractivity contribution in [3.8, 4) is 0 Å². The van der Waals surface area contributed by atoms with Crippen molar-refractivity contribution in [1.29, 1.82) is 0 Å². The molecule has 0 amide bonds. The predicted molar refractivity (Wildman–Crippen MR) is 124 cm³/mol. The summed E-state index contributed by atoms with van der Waals surface area (Å²) in [5.74, 6) is -0.446. The molecule has 0 spiro atoms. The highest BCUT2D eigenvalue weighted by Gasteiger charge is 2.17. The van der Waals surface area contributed by atoms with Crippen LogP contribution in [0.1, 0.15) is 49.1 Å². The number of fused-ring (bicyclic) bond motifs is 3. The summed E-state index contributed by atoms with van der Waals surface area (Å²) in [5.41, 5.74) is 6.57. The average Bonchev–Trinajstić information content (AvgIpc) is 3.09. The summed E-state index contributed by atoms with van der Waals surface area (Å²) in [6.07, 6.45) is -0.693. The van der Waals surface area contributed by atoms with Gasteiger partial charge in [-0.1, -0.05) is 41.6 Å². The van der Waals surface area contributed by atoms with E-state index in [1.807, 2.05) is 50.2 Å². The Labute approximate surface area is 181 Å². The second-order valence-electron chi connectivity index (χ2n) is 7.77. The van der Waals surface area contributed by atoms with Crippen LogP contribution in [0, 0.1) is 6.92 Å². The Morgan fingerprint density at radius 2 is 1.71 bits per heavy atom. The molecule has 1 unspecified atom stereocenters. The third kappa shape index (κ3) is 3.84. The van der Waals surface area contributed by atoms with Gasteiger partial charge in [-0.05, 0) is 67.3 Å². The molecule has 1 atom stereocenters. The lowest BCUT2D eigenvalue weighted by Gasteiger charge is -2.14. The number of aliphatic hydroxyl groups is 1. The van der Waals surface area contributed by atoms with Gasteiger partial charge >= 0.3 is 5.97 Å². The standard InChI is InChI=1S/C26H26N2O3/c1-5-28-24-12-10-19(17(3)27-31-18(4)29)14-22(24)23-15-20(11-13-25(23)28)26(30)21-9-7-6-8-16(21)2/h6-15,26,30H,5H2,1-4H3/b27-17+. The number of benzene rings is 3. The van der Waals surface area contributed by atoms with Crippen molar-refractivity contribution >= 4 is 33.5 Å². The normalized spacial score (nSPS) is 13.0. The number of carbonyl (C=O) groups is 1. The van der Waals surface area contributed by atoms with Gasteiger partial charge in [0.1, 0.15) is 6.10 Å². The smallest absolute Gasteiger partial charge is 0.331 e. The molecular formula is C26H26N2O3. The van der Waals surface area contributed by atoms with Crippen LogP contribution in [-0.2, 0) is 16.2 Å². The monoisotopic (exact) mass is 414 g/mol. The molecule has 158 valence electrons. The lowest BCUT2D eigenvalue weighted by atomic mass is 9.96. The maximum Gasteiger partial charge on any atom is 0.331 e. The van der Waals surface area contributed by atoms with E-state index in [9.17, 15) is 9.90 Å². The van der Waals surface area contributed by atoms with Crippen LogP contribution in [0.5, 0.6) is 0 Å². The van der Waals surface area contributed by atoms with Crippen molar-refractivity contribution in [3.63, 3.8) is 0 Å². The van der Waals surface area contributed by atoms with E-state index >= 15 is 0 Å². The molecule has 0 radical (unpaired) electrons. The molecule has 5 heteroatoms. The maximum absolute atomic E-state index is 11.1. The first kappa shape index (κ1) is 20.8. The van der Waals surface area contributed by atoms with E-state index < -0.39 is 12.1 Å². The molecule has 4 aromatic rings. The number of oxime groups is 1. The van der Waals surface area contributed by atoms with Gasteiger partial charge in [0, 0.05) is 35.3 Å². The number of aryl methyl sites for hydroxylation is 2. The molecule has 1 heterocycles. The number of aromatic nitrogens is 1. The van der Waals surface area contributed by atoms with Crippen LogP contribution in [0.4, 0.5) is 0 Å². The summed E-state index contributed by atoms with van der Waals surface area (Å²) in [7, 11) is 0. The average molecular weight is 415 g/mol. The Balaban J connectivity index is 1.88. The van der Waals surface area contributed by atoms with E-state index in [2.05, 4.69) is 40.9 Å². The number of rotatable bonds is 5. The molecule has 0 saturated heterocycles. The van der Waals surface area contributed by atoms with Crippen molar-refractivity contribution < 1.29 is 14.7 Å². The van der Waals surface area contributed by atoms with E-state index in [4.69, 9.17) is 4.84 Å². The van der Waals surface area contributed by atoms with Gasteiger partial charge in [0.05, 0.1) is 5.71 Å². The minimum atomic E-state index is -0.693. The Morgan fingerprint density at radius 3 is 2.39 bits per heavy atom. The van der Waals surface area contributed by atoms with Gasteiger partial charge in [0.15, 0.2) is 0 Å². The van der Waals surface area contributed by atoms with Crippen molar-refractivity contribution in [2.75, 3.05) is 0 Å². The zero-order valence-corrected chi connectivity index (χ0v) is 18.2. The van der Waals surface area contributed by atoms with E-state index in [0.717, 1.165) is 50.6 Å². The van der Waals surface area contributed by atoms with Crippen LogP contribution in [0.15, 0.2) is 65.8 Å². The molecule has 5 nitrogen and oxygen atoms in total. The molecule has 0 aliphatic carbocycles. The Hall–Kier alpha value is -3.44. The molecule has 1 aromatic heterocycles. The molecule has 31 heavy (non-hydrogen) atoms. The molecule has 0 aliphatic rings. The van der Waals surface area contributed by atoms with Crippen molar-refractivity contribution in [3.05, 3.63) is 82.9 Å². The van der Waals surface area contributed by atoms with Gasteiger partial charge in [-0.15, -0.1) is 0 Å². The van der Waals surface area contributed by atoms with Gasteiger partial charge in [-0.3, -0.25) is 0 Å². The quantitative estimate of drug-likeness (QED) is 0.267. The van der Waals surface area contributed by atoms with Gasteiger partial charge in [-0.25, -0.2) is 4.79 Å². The topological polar surface area (TPSA) is 63.8 Å². The van der Waals surface area contributed by atoms with Crippen molar-refractivity contribution in [2.45, 2.75) is 40.3 Å². The number of aliphatic hydroxyl groups excluding tert-OH is 1. The molecule has 3 aromatic carbocycles. The van der Waals surface area contributed by atoms with E-state index in [1.165, 1.54) is 6.92 Å². The largest absolute Gasteiger partial charge is 0.384 e. The summed E-state index contributed by atoms with van der Waals surface area (Å²) in [4.78, 5) is 15.9. The third-order valence-corrected chi connectivity index (χ3v) is 5.73. The van der Waals surface area contributed by atoms with Crippen molar-refractivity contribution in [1.82, 2.24) is 4.57 Å². The van der Waals surface area contributed by atoms with Crippen LogP contribution in [0.2, 0.25) is 0 Å². The van der Waals surface area contributed by atoms with Gasteiger partial charge in [-0.2, -0.15) is 0 Å². The summed E-state index contributed by atoms with van der Waals surface area (Å²) in [6.45, 7) is 8.11. The lowest BCUT2D eigenvalue weighted by Crippen LogP contribution is -2.02. The van der Waals surface area contributed by atoms with E-state index in [0.29, 0.717) is 5.71 Å². The van der Waals surface area contributed by atoms with Crippen LogP contribution >= 0.6 is 0 Å². The second-order valence-corrected chi connectivity index (χ2v) is 7.77. The minimum Gasteiger partial charge on any atom is -0.384 e. The number of carbonyl (C=O) groups excluding carboxylic acids is 1. The molecular weight excluding hydrogens is 388 g/mol. The highest BCUT2D eigenvalue weighted by Crippen LogP contribution is 2.34. The number of nitrogens with zero attached hydrogens (tertiary/aromatic N) is 2. The molecule has 0 fully saturated rings. The summed E-state index contributed by atoms with van der Waals surface area (Å²) in [5, 5.41) is 17.1. The van der Waals surface area contributed by atoms with Crippen molar-refractivity contribution in [2.24, 2.45) is 5.16 Å². The van der Waals surface area contributed by atoms with Gasteiger partial charge < -0.3 is 14.5 Å². The second kappa shape index (κ2) is 8.36. The Kier molecular flexibility index (Phi) is 5.61. The predicted octanol–water partition coefficient (Wildman–Crippen LogP) is 5.49. The van der Waals surface area contributed by atoms with Crippen LogP contribution in [0.3, 0.4) is 0 Å². The molecule has 0 bridgehead atoms. The molecule has 4 rings (SSSR count). The van der Waals surface area contributed by atoms with Crippen LogP contribution < -0.4 is 0 Å². The highest BCUT2D eigenvalue weighted by molar-refractivity contribution is 6.11. The van der Waals surface area contributed by atoms with Crippen LogP contribution in [0.25, 0.3) is 21.8 Å². The molecule has 0 saturated carbocycles. The number of hydrogen-bond donors (Lipinski definition) is 1. The third-order valence-electron chi connectivity index (χ3n) is 5.73. The van der Waals surface area contributed by atoms with Gasteiger partial charge in [0.2, 0.25) is 0 Å². The highest BCUT2D eigenvalue weighted by atomic mass is 16.7. The Morgan fingerprint density at radius 1 is 1.03 bits per heavy atom. The minimum absolute atomic E-state index is 0.446. The fourth-order valence-corrected chi connectivity index (χ4v) is 4.12. The molecule has 0 aliphatic heterocycles. The zero-order valence-electron chi connectivity index (χ0n) is 18.2. The first-order valence-corrected chi connectivity index (χ1v) is 10.4. The first-order chi connectivity index (χ1) is 14.9. The van der Waals surface area contributed by atoms with Crippen LogP contribution in [-0.4, -0.2) is 21.4 Å². The maximum atomic E-state index is 11.1. The summed E-state index contributed by atoms with van der Waals surface area (Å²) >= 11 is 0. The number of hydrogen-bond acceptors (Lipinski definition) is 4. The fourth-order valence-electron chi connectivity index (χ4n) is 4.12. The summed E-state index contributed by atoms with van der Waals surface area (Å²) < 4.78 is 2.26. The fraction of sp³-hybridized carbons (Fsp3) is 0.231.